The van der Waals surface area contributed by atoms with E-state index in [4.69, 9.17) is 11.6 Å². The van der Waals surface area contributed by atoms with Gasteiger partial charge in [0.15, 0.2) is 0 Å². The van der Waals surface area contributed by atoms with Crippen LogP contribution in [-0.2, 0) is 16.0 Å². The first-order valence-corrected chi connectivity index (χ1v) is 10.7. The molecule has 1 fully saturated rings. The Labute approximate surface area is 183 Å². The van der Waals surface area contributed by atoms with Crippen LogP contribution in [0.2, 0.25) is 5.02 Å². The number of nitrogens with zero attached hydrogens (tertiary/aromatic N) is 2. The summed E-state index contributed by atoms with van der Waals surface area (Å²) < 4.78 is 0. The number of halogens is 1. The van der Waals surface area contributed by atoms with Crippen molar-refractivity contribution in [1.29, 1.82) is 0 Å². The largest absolute Gasteiger partial charge is 0.325 e. The summed E-state index contributed by atoms with van der Waals surface area (Å²) in [4.78, 5) is 29.3. The molecule has 2 N–H and O–H groups in total. The zero-order valence-corrected chi connectivity index (χ0v) is 18.3. The standard InChI is InChI=1S/C23H29ClN4O2/c1-3-18-7-4-5-10-21(18)26-22(29)16-27-11-13-28(14-12-27)17(2)23(30)25-20-9-6-8-19(24)15-20/h4-10,15,17H,3,11-14,16H2,1-2H3,(H,25,30)(H,26,29). The number of nitrogens with one attached hydrogen (secondary N) is 2. The van der Waals surface area contributed by atoms with Gasteiger partial charge in [0, 0.05) is 42.6 Å². The molecule has 1 saturated heterocycles. The van der Waals surface area contributed by atoms with Gasteiger partial charge in [0.05, 0.1) is 12.6 Å². The third-order valence-corrected chi connectivity index (χ3v) is 5.70. The van der Waals surface area contributed by atoms with E-state index < -0.39 is 0 Å². The molecule has 0 radical (unpaired) electrons. The van der Waals surface area contributed by atoms with Gasteiger partial charge in [0.25, 0.3) is 0 Å². The number of hydrogen-bond donors (Lipinski definition) is 2. The quantitative estimate of drug-likeness (QED) is 0.708. The van der Waals surface area contributed by atoms with Gasteiger partial charge in [-0.1, -0.05) is 42.8 Å². The molecule has 0 aliphatic carbocycles. The van der Waals surface area contributed by atoms with Crippen LogP contribution < -0.4 is 10.6 Å². The zero-order valence-electron chi connectivity index (χ0n) is 17.5. The fourth-order valence-corrected chi connectivity index (χ4v) is 3.82. The summed E-state index contributed by atoms with van der Waals surface area (Å²) in [6.07, 6.45) is 0.879. The van der Waals surface area contributed by atoms with Crippen molar-refractivity contribution in [2.75, 3.05) is 43.4 Å². The fraction of sp³-hybridized carbons (Fsp3) is 0.391. The number of piperazine rings is 1. The van der Waals surface area contributed by atoms with E-state index in [9.17, 15) is 9.59 Å². The Morgan fingerprint density at radius 1 is 1.03 bits per heavy atom. The van der Waals surface area contributed by atoms with E-state index in [2.05, 4.69) is 27.4 Å². The molecule has 30 heavy (non-hydrogen) atoms. The molecule has 1 atom stereocenters. The minimum Gasteiger partial charge on any atom is -0.325 e. The van der Waals surface area contributed by atoms with E-state index in [1.807, 2.05) is 43.3 Å². The van der Waals surface area contributed by atoms with Gasteiger partial charge in [-0.2, -0.15) is 0 Å². The van der Waals surface area contributed by atoms with Gasteiger partial charge in [-0.05, 0) is 43.2 Å². The molecular weight excluding hydrogens is 400 g/mol. The Hall–Kier alpha value is -2.41. The smallest absolute Gasteiger partial charge is 0.241 e. The van der Waals surface area contributed by atoms with Crippen molar-refractivity contribution < 1.29 is 9.59 Å². The summed E-state index contributed by atoms with van der Waals surface area (Å²) in [7, 11) is 0. The minimum atomic E-state index is -0.253. The summed E-state index contributed by atoms with van der Waals surface area (Å²) >= 11 is 5.98. The Balaban J connectivity index is 1.45. The molecule has 1 aliphatic heterocycles. The summed E-state index contributed by atoms with van der Waals surface area (Å²) in [6, 6.07) is 14.8. The molecule has 1 unspecified atom stereocenters. The van der Waals surface area contributed by atoms with Crippen LogP contribution in [0.1, 0.15) is 19.4 Å². The number of carbonyl (C=O) groups is 2. The average Bonchev–Trinajstić information content (AvgIpc) is 2.74. The highest BCUT2D eigenvalue weighted by molar-refractivity contribution is 6.30. The van der Waals surface area contributed by atoms with Crippen LogP contribution in [0.15, 0.2) is 48.5 Å². The number of rotatable bonds is 7. The van der Waals surface area contributed by atoms with E-state index >= 15 is 0 Å². The van der Waals surface area contributed by atoms with Gasteiger partial charge in [-0.25, -0.2) is 0 Å². The van der Waals surface area contributed by atoms with Crippen LogP contribution >= 0.6 is 11.6 Å². The molecule has 2 aromatic carbocycles. The van der Waals surface area contributed by atoms with E-state index in [1.165, 1.54) is 0 Å². The SMILES string of the molecule is CCc1ccccc1NC(=O)CN1CCN(C(C)C(=O)Nc2cccc(Cl)c2)CC1. The number of aryl methyl sites for hydroxylation is 1. The first kappa shape index (κ1) is 22.3. The van der Waals surface area contributed by atoms with Crippen LogP contribution in [0, 0.1) is 0 Å². The predicted molar refractivity (Wildman–Crippen MR) is 122 cm³/mol. The van der Waals surface area contributed by atoms with E-state index in [0.29, 0.717) is 17.3 Å². The summed E-state index contributed by atoms with van der Waals surface area (Å²) in [5.41, 5.74) is 2.71. The summed E-state index contributed by atoms with van der Waals surface area (Å²) in [5, 5.41) is 6.53. The number of para-hydroxylation sites is 1. The highest BCUT2D eigenvalue weighted by atomic mass is 35.5. The van der Waals surface area contributed by atoms with Crippen LogP contribution in [-0.4, -0.2) is 60.4 Å². The molecule has 0 bridgehead atoms. The van der Waals surface area contributed by atoms with Crippen molar-refractivity contribution in [2.24, 2.45) is 0 Å². The highest BCUT2D eigenvalue weighted by Crippen LogP contribution is 2.17. The predicted octanol–water partition coefficient (Wildman–Crippen LogP) is 3.49. The first-order valence-electron chi connectivity index (χ1n) is 10.4. The summed E-state index contributed by atoms with van der Waals surface area (Å²) in [5.74, 6) is -0.0595. The number of anilines is 2. The second-order valence-corrected chi connectivity index (χ2v) is 7.98. The van der Waals surface area contributed by atoms with Crippen molar-refractivity contribution in [2.45, 2.75) is 26.3 Å². The minimum absolute atomic E-state index is 0.00361. The lowest BCUT2D eigenvalue weighted by Crippen LogP contribution is -2.53. The first-order chi connectivity index (χ1) is 14.5. The molecule has 2 aromatic rings. The topological polar surface area (TPSA) is 64.7 Å². The monoisotopic (exact) mass is 428 g/mol. The molecular formula is C23H29ClN4O2. The van der Waals surface area contributed by atoms with Crippen LogP contribution in [0.25, 0.3) is 0 Å². The number of benzene rings is 2. The molecule has 7 heteroatoms. The third kappa shape index (κ3) is 6.05. The van der Waals surface area contributed by atoms with Crippen LogP contribution in [0.4, 0.5) is 11.4 Å². The maximum Gasteiger partial charge on any atom is 0.241 e. The van der Waals surface area contributed by atoms with E-state index in [-0.39, 0.29) is 17.9 Å². The lowest BCUT2D eigenvalue weighted by molar-refractivity contribution is -0.122. The maximum atomic E-state index is 12.6. The molecule has 3 rings (SSSR count). The lowest BCUT2D eigenvalue weighted by Gasteiger charge is -2.37. The number of carbonyl (C=O) groups excluding carboxylic acids is 2. The fourth-order valence-electron chi connectivity index (χ4n) is 3.63. The highest BCUT2D eigenvalue weighted by Gasteiger charge is 2.26. The van der Waals surface area contributed by atoms with Crippen LogP contribution in [0.3, 0.4) is 0 Å². The van der Waals surface area contributed by atoms with E-state index in [0.717, 1.165) is 43.9 Å². The number of amides is 2. The lowest BCUT2D eigenvalue weighted by atomic mass is 10.1. The van der Waals surface area contributed by atoms with Gasteiger partial charge >= 0.3 is 0 Å². The Morgan fingerprint density at radius 3 is 2.47 bits per heavy atom. The normalized spacial score (nSPS) is 16.1. The Bertz CT molecular complexity index is 881. The third-order valence-electron chi connectivity index (χ3n) is 5.47. The molecule has 2 amide bonds. The van der Waals surface area contributed by atoms with Crippen molar-refractivity contribution in [1.82, 2.24) is 9.80 Å². The van der Waals surface area contributed by atoms with Gasteiger partial charge in [0.1, 0.15) is 0 Å². The molecule has 1 heterocycles. The second kappa shape index (κ2) is 10.6. The average molecular weight is 429 g/mol. The van der Waals surface area contributed by atoms with Gasteiger partial charge in [-0.15, -0.1) is 0 Å². The maximum absolute atomic E-state index is 12.6. The molecule has 6 nitrogen and oxygen atoms in total. The van der Waals surface area contributed by atoms with Crippen molar-refractivity contribution >= 4 is 34.8 Å². The van der Waals surface area contributed by atoms with Crippen molar-refractivity contribution in [3.8, 4) is 0 Å². The molecule has 0 spiro atoms. The number of hydrogen-bond acceptors (Lipinski definition) is 4. The van der Waals surface area contributed by atoms with E-state index in [1.54, 1.807) is 12.1 Å². The van der Waals surface area contributed by atoms with Gasteiger partial charge < -0.3 is 10.6 Å². The Morgan fingerprint density at radius 2 is 1.77 bits per heavy atom. The molecule has 0 saturated carbocycles. The molecule has 0 aromatic heterocycles. The van der Waals surface area contributed by atoms with Gasteiger partial charge in [0.2, 0.25) is 11.8 Å². The van der Waals surface area contributed by atoms with Crippen molar-refractivity contribution in [3.63, 3.8) is 0 Å². The summed E-state index contributed by atoms with van der Waals surface area (Å²) in [6.45, 7) is 7.31. The Kier molecular flexibility index (Phi) is 7.85. The second-order valence-electron chi connectivity index (χ2n) is 7.55. The van der Waals surface area contributed by atoms with Gasteiger partial charge in [-0.3, -0.25) is 19.4 Å². The molecule has 1 aliphatic rings. The molecule has 160 valence electrons. The zero-order chi connectivity index (χ0) is 21.5. The van der Waals surface area contributed by atoms with Crippen molar-refractivity contribution in [3.05, 3.63) is 59.1 Å². The van der Waals surface area contributed by atoms with Crippen LogP contribution in [0.5, 0.6) is 0 Å².